The van der Waals surface area contributed by atoms with Crippen LogP contribution in [0.4, 0.5) is 0 Å². The second-order valence-electron chi connectivity index (χ2n) is 3.30. The summed E-state index contributed by atoms with van der Waals surface area (Å²) in [7, 11) is 0. The normalized spacial score (nSPS) is 13.6. The van der Waals surface area contributed by atoms with Gasteiger partial charge in [-0.05, 0) is 26.0 Å². The molecule has 0 saturated heterocycles. The van der Waals surface area contributed by atoms with Crippen LogP contribution in [0.5, 0.6) is 0 Å². The highest BCUT2D eigenvalue weighted by molar-refractivity contribution is 5.98. The fourth-order valence-corrected chi connectivity index (χ4v) is 1.14. The molecule has 0 aromatic rings. The van der Waals surface area contributed by atoms with Gasteiger partial charge in [0, 0.05) is 5.70 Å². The summed E-state index contributed by atoms with van der Waals surface area (Å²) in [5.74, 6) is -0.532. The molecule has 0 rings (SSSR count). The maximum absolute atomic E-state index is 11.9. The van der Waals surface area contributed by atoms with Crippen LogP contribution >= 0.6 is 0 Å². The molecule has 0 aromatic carbocycles. The van der Waals surface area contributed by atoms with Gasteiger partial charge in [-0.25, -0.2) is 0 Å². The van der Waals surface area contributed by atoms with Crippen LogP contribution in [0.25, 0.3) is 0 Å². The Balaban J connectivity index is 5.05. The molecule has 3 heteroatoms. The number of aliphatic hydroxyl groups excluding tert-OH is 1. The summed E-state index contributed by atoms with van der Waals surface area (Å²) in [5, 5.41) is 12.3. The summed E-state index contributed by atoms with van der Waals surface area (Å²) in [4.78, 5) is 11.9. The summed E-state index contributed by atoms with van der Waals surface area (Å²) in [6.07, 6.45) is 11.2. The summed E-state index contributed by atoms with van der Waals surface area (Å²) < 4.78 is 0. The van der Waals surface area contributed by atoms with E-state index in [1.807, 2.05) is 0 Å². The molecule has 0 aliphatic rings. The van der Waals surface area contributed by atoms with E-state index in [1.54, 1.807) is 44.2 Å². The monoisotopic (exact) mass is 245 g/mol. The van der Waals surface area contributed by atoms with Gasteiger partial charge in [0.25, 0.3) is 5.91 Å². The number of rotatable bonds is 6. The van der Waals surface area contributed by atoms with Crippen LogP contribution in [0, 0.1) is 0 Å². The van der Waals surface area contributed by atoms with Gasteiger partial charge in [0.15, 0.2) is 0 Å². The Labute approximate surface area is 108 Å². The highest BCUT2D eigenvalue weighted by Gasteiger charge is 2.10. The first-order chi connectivity index (χ1) is 8.60. The predicted molar refractivity (Wildman–Crippen MR) is 75.9 cm³/mol. The average Bonchev–Trinajstić information content (AvgIpc) is 2.35. The number of hydrogen-bond donors (Lipinski definition) is 2. The average molecular weight is 245 g/mol. The van der Waals surface area contributed by atoms with Crippen molar-refractivity contribution in [2.24, 2.45) is 0 Å². The molecule has 18 heavy (non-hydrogen) atoms. The summed E-state index contributed by atoms with van der Waals surface area (Å²) >= 11 is 0. The third kappa shape index (κ3) is 5.16. The Morgan fingerprint density at radius 1 is 1.22 bits per heavy atom. The van der Waals surface area contributed by atoms with Gasteiger partial charge in [-0.2, -0.15) is 0 Å². The lowest BCUT2D eigenvalue weighted by Crippen LogP contribution is -2.23. The van der Waals surface area contributed by atoms with E-state index in [4.69, 9.17) is 0 Å². The summed E-state index contributed by atoms with van der Waals surface area (Å²) in [6, 6.07) is 0. The Morgan fingerprint density at radius 3 is 2.33 bits per heavy atom. The van der Waals surface area contributed by atoms with Gasteiger partial charge in [-0.1, -0.05) is 43.5 Å². The van der Waals surface area contributed by atoms with Crippen LogP contribution in [0.2, 0.25) is 0 Å². The predicted octanol–water partition coefficient (Wildman–Crippen LogP) is 3.32. The van der Waals surface area contributed by atoms with E-state index >= 15 is 0 Å². The number of aliphatic hydroxyl groups is 1. The lowest BCUT2D eigenvalue weighted by atomic mass is 10.2. The first-order valence-corrected chi connectivity index (χ1v) is 5.55. The van der Waals surface area contributed by atoms with E-state index < -0.39 is 5.91 Å². The Bertz CT molecular complexity index is 437. The molecule has 0 aliphatic carbocycles. The largest absolute Gasteiger partial charge is 0.507 e. The molecule has 0 spiro atoms. The smallest absolute Gasteiger partial charge is 0.259 e. The van der Waals surface area contributed by atoms with Crippen LogP contribution in [-0.2, 0) is 4.79 Å². The van der Waals surface area contributed by atoms with E-state index in [9.17, 15) is 9.90 Å². The van der Waals surface area contributed by atoms with Crippen molar-refractivity contribution in [1.29, 1.82) is 0 Å². The molecule has 1 amide bonds. The molecule has 0 saturated carbocycles. The van der Waals surface area contributed by atoms with Gasteiger partial charge < -0.3 is 10.4 Å². The van der Waals surface area contributed by atoms with Crippen LogP contribution < -0.4 is 5.32 Å². The Kier molecular flexibility index (Phi) is 7.69. The third-order valence-electron chi connectivity index (χ3n) is 2.03. The van der Waals surface area contributed by atoms with Gasteiger partial charge >= 0.3 is 0 Å². The Morgan fingerprint density at radius 2 is 1.89 bits per heavy atom. The molecule has 0 radical (unpaired) electrons. The number of hydrogen-bond acceptors (Lipinski definition) is 2. The molecule has 0 bridgehead atoms. The zero-order chi connectivity index (χ0) is 14.0. The van der Waals surface area contributed by atoms with E-state index in [-0.39, 0.29) is 11.3 Å². The first-order valence-electron chi connectivity index (χ1n) is 5.55. The van der Waals surface area contributed by atoms with Crippen molar-refractivity contribution in [2.45, 2.75) is 13.8 Å². The quantitative estimate of drug-likeness (QED) is 0.428. The third-order valence-corrected chi connectivity index (χ3v) is 2.03. The number of carbonyl (C=O) groups is 1. The molecule has 0 atom stereocenters. The topological polar surface area (TPSA) is 49.3 Å². The summed E-state index contributed by atoms with van der Waals surface area (Å²) in [6.45, 7) is 10.6. The van der Waals surface area contributed by atoms with E-state index in [0.717, 1.165) is 0 Å². The first kappa shape index (κ1) is 15.7. The molecule has 0 unspecified atom stereocenters. The van der Waals surface area contributed by atoms with Crippen molar-refractivity contribution in [1.82, 2.24) is 5.32 Å². The van der Waals surface area contributed by atoms with Crippen molar-refractivity contribution >= 4 is 5.91 Å². The van der Waals surface area contributed by atoms with Gasteiger partial charge in [-0.15, -0.1) is 0 Å². The fraction of sp³-hybridized carbons (Fsp3) is 0.133. The van der Waals surface area contributed by atoms with Crippen LogP contribution in [-0.4, -0.2) is 11.0 Å². The molecule has 0 aliphatic heterocycles. The standard InChI is InChI=1S/C15H19NO2/c1-5-9-11-12(7-3)16-15(18)13(8-4)14(17)10-6-2/h5-11,17H,1,4H2,2-3H3,(H,16,18)/b10-6-,11-9-,12-7+,14-13-. The van der Waals surface area contributed by atoms with E-state index in [2.05, 4.69) is 18.5 Å². The maximum Gasteiger partial charge on any atom is 0.259 e. The van der Waals surface area contributed by atoms with Crippen molar-refractivity contribution < 1.29 is 9.90 Å². The maximum atomic E-state index is 11.9. The van der Waals surface area contributed by atoms with Crippen LogP contribution in [0.1, 0.15) is 13.8 Å². The van der Waals surface area contributed by atoms with Crippen molar-refractivity contribution in [3.63, 3.8) is 0 Å². The molecule has 0 aromatic heterocycles. The van der Waals surface area contributed by atoms with Gasteiger partial charge in [0.1, 0.15) is 5.76 Å². The SMILES string of the molecule is C=C/C=C\C(=C/C)NC(=O)/C(C=C)=C(O)/C=C\C. The van der Waals surface area contributed by atoms with Crippen molar-refractivity contribution in [3.05, 3.63) is 72.7 Å². The molecular formula is C15H19NO2. The van der Waals surface area contributed by atoms with Gasteiger partial charge in [0.05, 0.1) is 5.57 Å². The number of allylic oxidation sites excluding steroid dienone is 6. The second kappa shape index (κ2) is 8.82. The number of carbonyl (C=O) groups excluding carboxylic acids is 1. The number of amides is 1. The summed E-state index contributed by atoms with van der Waals surface area (Å²) in [5.41, 5.74) is 0.743. The van der Waals surface area contributed by atoms with Crippen LogP contribution in [0.15, 0.2) is 72.7 Å². The van der Waals surface area contributed by atoms with E-state index in [0.29, 0.717) is 5.70 Å². The zero-order valence-corrected chi connectivity index (χ0v) is 10.8. The molecule has 0 heterocycles. The van der Waals surface area contributed by atoms with Crippen LogP contribution in [0.3, 0.4) is 0 Å². The van der Waals surface area contributed by atoms with Crippen molar-refractivity contribution in [3.8, 4) is 0 Å². The molecule has 0 fully saturated rings. The zero-order valence-electron chi connectivity index (χ0n) is 10.8. The minimum Gasteiger partial charge on any atom is -0.507 e. The minimum absolute atomic E-state index is 0.117. The highest BCUT2D eigenvalue weighted by Crippen LogP contribution is 2.06. The van der Waals surface area contributed by atoms with Crippen molar-refractivity contribution in [2.75, 3.05) is 0 Å². The van der Waals surface area contributed by atoms with E-state index in [1.165, 1.54) is 12.2 Å². The highest BCUT2D eigenvalue weighted by atomic mass is 16.3. The molecule has 96 valence electrons. The second-order valence-corrected chi connectivity index (χ2v) is 3.30. The molecular weight excluding hydrogens is 226 g/mol. The number of nitrogens with one attached hydrogen (secondary N) is 1. The minimum atomic E-state index is -0.414. The van der Waals surface area contributed by atoms with Gasteiger partial charge in [0.2, 0.25) is 0 Å². The lowest BCUT2D eigenvalue weighted by Gasteiger charge is -2.07. The molecule has 2 N–H and O–H groups in total. The molecule has 3 nitrogen and oxygen atoms in total. The fourth-order valence-electron chi connectivity index (χ4n) is 1.14. The lowest BCUT2D eigenvalue weighted by molar-refractivity contribution is -0.116. The van der Waals surface area contributed by atoms with Gasteiger partial charge in [-0.3, -0.25) is 4.79 Å². The Hall–Kier alpha value is -2.29.